The van der Waals surface area contributed by atoms with Gasteiger partial charge in [-0.05, 0) is 43.2 Å². The van der Waals surface area contributed by atoms with Crippen molar-refractivity contribution >= 4 is 23.5 Å². The standard InChI is InChI=1S/C21H20F6O2.C10H8N2O3/c1-14-3-5-16(6-4-14)19(28)13-18(21(25,26)27)15-7-9-17(10-8-15)29-12-2-11-20(22,23)24;11-8(13)5-12-9(14)6-3-1-2-4-7(6)10(12)15/h3-10,18H,2,11-13H2,1H3;1-4H,5H2,(H2,11,13). The number of hydrogen-bond donors (Lipinski definition) is 1. The summed E-state index contributed by atoms with van der Waals surface area (Å²) in [5.74, 6) is -4.08. The first-order chi connectivity index (χ1) is 20.6. The topological polar surface area (TPSA) is 107 Å². The Balaban J connectivity index is 0.000000293. The van der Waals surface area contributed by atoms with Crippen LogP contribution in [0.1, 0.15) is 67.4 Å². The van der Waals surface area contributed by atoms with Gasteiger partial charge in [-0.1, -0.05) is 54.1 Å². The molecule has 234 valence electrons. The number of rotatable bonds is 10. The first kappa shape index (κ1) is 33.8. The molecule has 0 spiro atoms. The Morgan fingerprint density at radius 1 is 0.841 bits per heavy atom. The number of amides is 3. The molecule has 1 unspecified atom stereocenters. The van der Waals surface area contributed by atoms with E-state index in [0.717, 1.165) is 10.5 Å². The predicted octanol–water partition coefficient (Wildman–Crippen LogP) is 6.40. The summed E-state index contributed by atoms with van der Waals surface area (Å²) in [5.41, 5.74) is 6.57. The second-order valence-corrected chi connectivity index (χ2v) is 9.93. The number of carbonyl (C=O) groups excluding carboxylic acids is 4. The molecule has 0 saturated carbocycles. The molecule has 44 heavy (non-hydrogen) atoms. The van der Waals surface area contributed by atoms with E-state index >= 15 is 0 Å². The number of Topliss-reactive ketones (excluding diaryl/α,β-unsaturated/α-hetero) is 1. The van der Waals surface area contributed by atoms with E-state index in [-0.39, 0.29) is 36.4 Å². The maximum atomic E-state index is 13.5. The molecule has 0 aliphatic carbocycles. The lowest BCUT2D eigenvalue weighted by atomic mass is 9.91. The summed E-state index contributed by atoms with van der Waals surface area (Å²) in [6.07, 6.45) is -10.9. The van der Waals surface area contributed by atoms with Crippen molar-refractivity contribution in [2.45, 2.75) is 44.5 Å². The molecule has 3 aromatic rings. The van der Waals surface area contributed by atoms with E-state index < -0.39 is 54.6 Å². The second-order valence-electron chi connectivity index (χ2n) is 9.93. The zero-order valence-electron chi connectivity index (χ0n) is 23.4. The number of carbonyl (C=O) groups is 4. The number of hydrogen-bond acceptors (Lipinski definition) is 5. The van der Waals surface area contributed by atoms with E-state index in [0.29, 0.717) is 11.1 Å². The summed E-state index contributed by atoms with van der Waals surface area (Å²) in [6, 6.07) is 17.6. The number of imide groups is 1. The number of halogens is 6. The number of ether oxygens (including phenoxy) is 1. The number of benzene rings is 3. The molecule has 3 aromatic carbocycles. The van der Waals surface area contributed by atoms with Crippen LogP contribution in [-0.4, -0.2) is 53.9 Å². The highest BCUT2D eigenvalue weighted by molar-refractivity contribution is 6.22. The first-order valence-electron chi connectivity index (χ1n) is 13.3. The van der Waals surface area contributed by atoms with Crippen LogP contribution in [0, 0.1) is 6.92 Å². The molecule has 4 rings (SSSR count). The second kappa shape index (κ2) is 14.2. The van der Waals surface area contributed by atoms with Crippen molar-refractivity contribution in [1.29, 1.82) is 0 Å². The van der Waals surface area contributed by atoms with Gasteiger partial charge in [0.25, 0.3) is 11.8 Å². The molecule has 1 aliphatic heterocycles. The van der Waals surface area contributed by atoms with Crippen molar-refractivity contribution in [1.82, 2.24) is 4.90 Å². The normalized spacial score (nSPS) is 13.6. The highest BCUT2D eigenvalue weighted by Crippen LogP contribution is 2.39. The molecule has 1 heterocycles. The number of primary amides is 1. The molecule has 0 bridgehead atoms. The third-order valence-corrected chi connectivity index (χ3v) is 6.51. The average molecular weight is 623 g/mol. The molecule has 7 nitrogen and oxygen atoms in total. The Hall–Kier alpha value is -4.68. The number of nitrogens with zero attached hydrogens (tertiary/aromatic N) is 1. The fraction of sp³-hybridized carbons (Fsp3) is 0.290. The molecule has 0 radical (unpaired) electrons. The zero-order valence-corrected chi connectivity index (χ0v) is 23.4. The molecule has 0 aromatic heterocycles. The van der Waals surface area contributed by atoms with Gasteiger partial charge in [0.15, 0.2) is 5.78 Å². The van der Waals surface area contributed by atoms with Gasteiger partial charge in [-0.25, -0.2) is 0 Å². The number of nitrogens with two attached hydrogens (primary N) is 1. The summed E-state index contributed by atoms with van der Waals surface area (Å²) in [5, 5.41) is 0. The van der Waals surface area contributed by atoms with Gasteiger partial charge < -0.3 is 10.5 Å². The number of aryl methyl sites for hydroxylation is 1. The fourth-order valence-corrected chi connectivity index (χ4v) is 4.26. The van der Waals surface area contributed by atoms with Gasteiger partial charge >= 0.3 is 12.4 Å². The Bertz CT molecular complexity index is 1450. The van der Waals surface area contributed by atoms with Crippen LogP contribution < -0.4 is 10.5 Å². The molecule has 13 heteroatoms. The van der Waals surface area contributed by atoms with Crippen molar-refractivity contribution in [3.8, 4) is 5.75 Å². The van der Waals surface area contributed by atoms with Gasteiger partial charge in [0, 0.05) is 18.4 Å². The molecule has 0 fully saturated rings. The molecule has 1 aliphatic rings. The molecule has 3 amide bonds. The van der Waals surface area contributed by atoms with Crippen LogP contribution in [0.4, 0.5) is 26.3 Å². The number of fused-ring (bicyclic) bond motifs is 1. The lowest BCUT2D eigenvalue weighted by molar-refractivity contribution is -0.149. The zero-order chi connectivity index (χ0) is 32.7. The van der Waals surface area contributed by atoms with E-state index in [1.54, 1.807) is 43.3 Å². The molecule has 2 N–H and O–H groups in total. The quantitative estimate of drug-likeness (QED) is 0.122. The van der Waals surface area contributed by atoms with Crippen LogP contribution >= 0.6 is 0 Å². The Labute approximate surface area is 248 Å². The van der Waals surface area contributed by atoms with Gasteiger partial charge in [0.1, 0.15) is 12.3 Å². The first-order valence-corrected chi connectivity index (χ1v) is 13.3. The van der Waals surface area contributed by atoms with E-state index in [9.17, 15) is 45.5 Å². The highest BCUT2D eigenvalue weighted by atomic mass is 19.4. The lowest BCUT2D eigenvalue weighted by Gasteiger charge is -2.20. The van der Waals surface area contributed by atoms with Gasteiger partial charge in [-0.2, -0.15) is 26.3 Å². The van der Waals surface area contributed by atoms with E-state index in [2.05, 4.69) is 0 Å². The monoisotopic (exact) mass is 622 g/mol. The van der Waals surface area contributed by atoms with E-state index in [1.165, 1.54) is 36.4 Å². The van der Waals surface area contributed by atoms with Gasteiger partial charge in [-0.3, -0.25) is 24.1 Å². The fourth-order valence-electron chi connectivity index (χ4n) is 4.26. The smallest absolute Gasteiger partial charge is 0.396 e. The van der Waals surface area contributed by atoms with Gasteiger partial charge in [0.05, 0.1) is 23.7 Å². The molecule has 1 atom stereocenters. The minimum Gasteiger partial charge on any atom is -0.494 e. The minimum atomic E-state index is -4.63. The number of alkyl halides is 6. The summed E-state index contributed by atoms with van der Waals surface area (Å²) in [4.78, 5) is 47.1. The maximum Gasteiger partial charge on any atom is 0.396 e. The van der Waals surface area contributed by atoms with Crippen LogP contribution in [-0.2, 0) is 4.79 Å². The molecular formula is C31H28F6N2O5. The molecular weight excluding hydrogens is 594 g/mol. The van der Waals surface area contributed by atoms with Crippen molar-refractivity contribution < 1.29 is 50.3 Å². The van der Waals surface area contributed by atoms with Gasteiger partial charge in [0.2, 0.25) is 5.91 Å². The summed E-state index contributed by atoms with van der Waals surface area (Å²) < 4.78 is 82.0. The number of ketones is 1. The van der Waals surface area contributed by atoms with Crippen molar-refractivity contribution in [3.63, 3.8) is 0 Å². The largest absolute Gasteiger partial charge is 0.494 e. The lowest BCUT2D eigenvalue weighted by Crippen LogP contribution is -2.37. The Kier molecular flexibility index (Phi) is 10.9. The Morgan fingerprint density at radius 2 is 1.39 bits per heavy atom. The third kappa shape index (κ3) is 9.41. The van der Waals surface area contributed by atoms with Crippen LogP contribution in [0.5, 0.6) is 5.75 Å². The predicted molar refractivity (Wildman–Crippen MR) is 147 cm³/mol. The summed E-state index contributed by atoms with van der Waals surface area (Å²) in [7, 11) is 0. The van der Waals surface area contributed by atoms with E-state index in [4.69, 9.17) is 10.5 Å². The SMILES string of the molecule is Cc1ccc(C(=O)CC(c2ccc(OCCCC(F)(F)F)cc2)C(F)(F)F)cc1.NC(=O)CN1C(=O)c2ccccc2C1=O. The van der Waals surface area contributed by atoms with Crippen LogP contribution in [0.2, 0.25) is 0 Å². The highest BCUT2D eigenvalue weighted by Gasteiger charge is 2.42. The van der Waals surface area contributed by atoms with Gasteiger partial charge in [-0.15, -0.1) is 0 Å². The minimum absolute atomic E-state index is 0.111. The van der Waals surface area contributed by atoms with Crippen molar-refractivity contribution in [3.05, 3.63) is 101 Å². The maximum absolute atomic E-state index is 13.5. The van der Waals surface area contributed by atoms with Crippen LogP contribution in [0.3, 0.4) is 0 Å². The van der Waals surface area contributed by atoms with Crippen LogP contribution in [0.15, 0.2) is 72.8 Å². The van der Waals surface area contributed by atoms with Crippen molar-refractivity contribution in [2.75, 3.05) is 13.2 Å². The Morgan fingerprint density at radius 3 is 1.86 bits per heavy atom. The third-order valence-electron chi connectivity index (χ3n) is 6.51. The van der Waals surface area contributed by atoms with Crippen LogP contribution in [0.25, 0.3) is 0 Å². The van der Waals surface area contributed by atoms with Crippen molar-refractivity contribution in [2.24, 2.45) is 5.73 Å². The summed E-state index contributed by atoms with van der Waals surface area (Å²) >= 11 is 0. The molecule has 0 saturated heterocycles. The van der Waals surface area contributed by atoms with E-state index in [1.807, 2.05) is 0 Å². The summed E-state index contributed by atoms with van der Waals surface area (Å²) in [6.45, 7) is 1.24. The average Bonchev–Trinajstić information content (AvgIpc) is 3.18.